The molecule has 3 aromatic carbocycles. The minimum Gasteiger partial charge on any atom is -0.366 e. The van der Waals surface area contributed by atoms with Crippen molar-refractivity contribution in [2.45, 2.75) is 25.7 Å². The molecule has 0 unspecified atom stereocenters. The number of hydrogen-bond acceptors (Lipinski definition) is 5. The molecular formula is C26H25N5O3. The summed E-state index contributed by atoms with van der Waals surface area (Å²) in [6.45, 7) is 1.58. The fraction of sp³-hybridized carbons (Fsp3) is 0.231. The second kappa shape index (κ2) is 9.35. The lowest BCUT2D eigenvalue weighted by Gasteiger charge is -2.22. The number of aromatic nitrogens is 2. The molecule has 1 aliphatic heterocycles. The molecule has 5 rings (SSSR count). The SMILES string of the molecule is O=C(Nc1ccccc1-c1nc2ccccc2[nH]1)c1ccc(N2CCCCCC2)c([N+](=O)[O-])c1. The van der Waals surface area contributed by atoms with Crippen molar-refractivity contribution in [3.8, 4) is 11.4 Å². The van der Waals surface area contributed by atoms with Gasteiger partial charge in [-0.05, 0) is 49.2 Å². The van der Waals surface area contributed by atoms with Crippen LogP contribution in [-0.2, 0) is 0 Å². The molecule has 0 radical (unpaired) electrons. The third-order valence-corrected chi connectivity index (χ3v) is 6.20. The van der Waals surface area contributed by atoms with Crippen molar-refractivity contribution in [1.82, 2.24) is 9.97 Å². The number of carbonyl (C=O) groups is 1. The zero-order valence-electron chi connectivity index (χ0n) is 18.7. The number of nitro benzene ring substituents is 1. The highest BCUT2D eigenvalue weighted by Gasteiger charge is 2.23. The van der Waals surface area contributed by atoms with Crippen LogP contribution in [0.2, 0.25) is 0 Å². The van der Waals surface area contributed by atoms with E-state index in [2.05, 4.69) is 20.2 Å². The Balaban J connectivity index is 1.44. The molecule has 8 heteroatoms. The second-order valence-corrected chi connectivity index (χ2v) is 8.46. The van der Waals surface area contributed by atoms with Crippen LogP contribution in [0, 0.1) is 10.1 Å². The number of imidazole rings is 1. The molecule has 8 nitrogen and oxygen atoms in total. The maximum Gasteiger partial charge on any atom is 0.293 e. The van der Waals surface area contributed by atoms with E-state index in [1.807, 2.05) is 42.5 Å². The van der Waals surface area contributed by atoms with E-state index < -0.39 is 10.8 Å². The van der Waals surface area contributed by atoms with Crippen molar-refractivity contribution < 1.29 is 9.72 Å². The van der Waals surface area contributed by atoms with Crippen LogP contribution < -0.4 is 10.2 Å². The number of nitro groups is 1. The number of rotatable bonds is 5. The van der Waals surface area contributed by atoms with Gasteiger partial charge in [0.15, 0.2) is 0 Å². The summed E-state index contributed by atoms with van der Waals surface area (Å²) in [7, 11) is 0. The molecule has 1 fully saturated rings. The molecule has 0 aliphatic carbocycles. The molecule has 34 heavy (non-hydrogen) atoms. The van der Waals surface area contributed by atoms with Crippen molar-refractivity contribution in [2.75, 3.05) is 23.3 Å². The Hall–Kier alpha value is -4.20. The summed E-state index contributed by atoms with van der Waals surface area (Å²) in [6.07, 6.45) is 4.29. The highest BCUT2D eigenvalue weighted by molar-refractivity contribution is 6.07. The van der Waals surface area contributed by atoms with Crippen molar-refractivity contribution in [2.24, 2.45) is 0 Å². The zero-order chi connectivity index (χ0) is 23.5. The van der Waals surface area contributed by atoms with E-state index >= 15 is 0 Å². The second-order valence-electron chi connectivity index (χ2n) is 8.46. The lowest BCUT2D eigenvalue weighted by atomic mass is 10.1. The van der Waals surface area contributed by atoms with Gasteiger partial charge in [-0.3, -0.25) is 14.9 Å². The molecule has 2 N–H and O–H groups in total. The van der Waals surface area contributed by atoms with Crippen LogP contribution >= 0.6 is 0 Å². The number of nitrogens with zero attached hydrogens (tertiary/aromatic N) is 3. The van der Waals surface area contributed by atoms with Crippen molar-refractivity contribution in [1.29, 1.82) is 0 Å². The lowest BCUT2D eigenvalue weighted by Crippen LogP contribution is -2.25. The average molecular weight is 456 g/mol. The van der Waals surface area contributed by atoms with Gasteiger partial charge >= 0.3 is 0 Å². The Bertz CT molecular complexity index is 1320. The number of hydrogen-bond donors (Lipinski definition) is 2. The summed E-state index contributed by atoms with van der Waals surface area (Å²) < 4.78 is 0. The summed E-state index contributed by atoms with van der Waals surface area (Å²) in [5.41, 5.74) is 3.82. The van der Waals surface area contributed by atoms with Crippen LogP contribution in [0.3, 0.4) is 0 Å². The summed E-state index contributed by atoms with van der Waals surface area (Å²) in [5.74, 6) is 0.230. The summed E-state index contributed by atoms with van der Waals surface area (Å²) in [6, 6.07) is 19.8. The van der Waals surface area contributed by atoms with Crippen molar-refractivity contribution >= 4 is 34.0 Å². The number of aromatic amines is 1. The van der Waals surface area contributed by atoms with Gasteiger partial charge in [-0.15, -0.1) is 0 Å². The van der Waals surface area contributed by atoms with E-state index in [9.17, 15) is 14.9 Å². The molecule has 4 aromatic rings. The van der Waals surface area contributed by atoms with E-state index in [1.54, 1.807) is 18.2 Å². The van der Waals surface area contributed by atoms with Crippen LogP contribution in [0.4, 0.5) is 17.1 Å². The van der Waals surface area contributed by atoms with Crippen LogP contribution in [-0.4, -0.2) is 33.9 Å². The Kier molecular flexibility index (Phi) is 5.95. The smallest absolute Gasteiger partial charge is 0.293 e. The van der Waals surface area contributed by atoms with E-state index in [4.69, 9.17) is 0 Å². The van der Waals surface area contributed by atoms with Crippen LogP contribution in [0.15, 0.2) is 66.7 Å². The maximum atomic E-state index is 13.1. The molecule has 172 valence electrons. The van der Waals surface area contributed by atoms with E-state index in [1.165, 1.54) is 6.07 Å². The van der Waals surface area contributed by atoms with E-state index in [-0.39, 0.29) is 11.3 Å². The summed E-state index contributed by atoms with van der Waals surface area (Å²) in [5, 5.41) is 14.8. The quantitative estimate of drug-likeness (QED) is 0.294. The van der Waals surface area contributed by atoms with Crippen LogP contribution in [0.25, 0.3) is 22.4 Å². The Labute approximate surface area is 196 Å². The predicted molar refractivity (Wildman–Crippen MR) is 133 cm³/mol. The number of H-pyrrole nitrogens is 1. The number of amides is 1. The topological polar surface area (TPSA) is 104 Å². The number of nitrogens with one attached hydrogen (secondary N) is 2. The zero-order valence-corrected chi connectivity index (χ0v) is 18.7. The molecule has 2 heterocycles. The molecule has 0 saturated carbocycles. The van der Waals surface area contributed by atoms with Gasteiger partial charge in [-0.1, -0.05) is 37.1 Å². The van der Waals surface area contributed by atoms with Gasteiger partial charge in [0.25, 0.3) is 11.6 Å². The van der Waals surface area contributed by atoms with Gasteiger partial charge in [0.05, 0.1) is 21.6 Å². The number of para-hydroxylation sites is 3. The highest BCUT2D eigenvalue weighted by atomic mass is 16.6. The largest absolute Gasteiger partial charge is 0.366 e. The number of fused-ring (bicyclic) bond motifs is 1. The van der Waals surface area contributed by atoms with Gasteiger partial charge in [0, 0.05) is 30.3 Å². The first-order valence-corrected chi connectivity index (χ1v) is 11.5. The summed E-state index contributed by atoms with van der Waals surface area (Å²) >= 11 is 0. The third kappa shape index (κ3) is 4.34. The first-order valence-electron chi connectivity index (χ1n) is 11.5. The van der Waals surface area contributed by atoms with E-state index in [0.717, 1.165) is 55.4 Å². The molecule has 1 amide bonds. The number of anilines is 2. The maximum absolute atomic E-state index is 13.1. The minimum atomic E-state index is -0.408. The average Bonchev–Trinajstić information content (AvgIpc) is 3.10. The Morgan fingerprint density at radius 3 is 2.47 bits per heavy atom. The lowest BCUT2D eigenvalue weighted by molar-refractivity contribution is -0.384. The molecule has 1 aliphatic rings. The molecular weight excluding hydrogens is 430 g/mol. The number of benzene rings is 3. The molecule has 0 bridgehead atoms. The monoisotopic (exact) mass is 455 g/mol. The standard InChI is InChI=1S/C26H25N5O3/c32-26(18-13-14-23(24(17-18)31(33)34)30-15-7-1-2-8-16-30)29-20-10-4-3-9-19(20)25-27-21-11-5-6-12-22(21)28-25/h3-6,9-14,17H,1-2,7-8,15-16H2,(H,27,28)(H,29,32). The predicted octanol–water partition coefficient (Wildman–Crippen LogP) is 5.77. The first-order chi connectivity index (χ1) is 16.6. The first kappa shape index (κ1) is 21.6. The fourth-order valence-corrected chi connectivity index (χ4v) is 4.46. The van der Waals surface area contributed by atoms with Crippen LogP contribution in [0.5, 0.6) is 0 Å². The minimum absolute atomic E-state index is 0.0416. The Morgan fingerprint density at radius 1 is 0.971 bits per heavy atom. The van der Waals surface area contributed by atoms with Crippen molar-refractivity contribution in [3.05, 3.63) is 82.4 Å². The van der Waals surface area contributed by atoms with Gasteiger partial charge < -0.3 is 15.2 Å². The number of carbonyl (C=O) groups excluding carboxylic acids is 1. The van der Waals surface area contributed by atoms with E-state index in [0.29, 0.717) is 17.2 Å². The van der Waals surface area contributed by atoms with Gasteiger partial charge in [0.2, 0.25) is 0 Å². The fourth-order valence-electron chi connectivity index (χ4n) is 4.46. The van der Waals surface area contributed by atoms with Crippen LogP contribution in [0.1, 0.15) is 36.0 Å². The normalized spacial score (nSPS) is 14.1. The Morgan fingerprint density at radius 2 is 1.71 bits per heavy atom. The molecule has 1 saturated heterocycles. The van der Waals surface area contributed by atoms with Gasteiger partial charge in [0.1, 0.15) is 11.5 Å². The van der Waals surface area contributed by atoms with Gasteiger partial charge in [-0.25, -0.2) is 4.98 Å². The van der Waals surface area contributed by atoms with Crippen molar-refractivity contribution in [3.63, 3.8) is 0 Å². The third-order valence-electron chi connectivity index (χ3n) is 6.20. The molecule has 1 aromatic heterocycles. The van der Waals surface area contributed by atoms with Gasteiger partial charge in [-0.2, -0.15) is 0 Å². The highest BCUT2D eigenvalue weighted by Crippen LogP contribution is 2.32. The molecule has 0 spiro atoms. The molecule has 0 atom stereocenters. The summed E-state index contributed by atoms with van der Waals surface area (Å²) in [4.78, 5) is 34.5.